The van der Waals surface area contributed by atoms with Gasteiger partial charge >= 0.3 is 6.03 Å². The Hall–Kier alpha value is -0.770. The van der Waals surface area contributed by atoms with E-state index in [0.29, 0.717) is 18.5 Å². The molecule has 118 valence electrons. The van der Waals surface area contributed by atoms with Crippen molar-refractivity contribution in [3.63, 3.8) is 0 Å². The summed E-state index contributed by atoms with van der Waals surface area (Å²) in [5.74, 6) is 0.596. The highest BCUT2D eigenvalue weighted by atomic mass is 16.3. The lowest BCUT2D eigenvalue weighted by Gasteiger charge is -2.29. The highest BCUT2D eigenvalue weighted by molar-refractivity contribution is 5.74. The molecule has 0 aromatic carbocycles. The molecular weight excluding hydrogens is 252 g/mol. The van der Waals surface area contributed by atoms with Crippen LogP contribution in [0.1, 0.15) is 59.8 Å². The Kier molecular flexibility index (Phi) is 6.80. The van der Waals surface area contributed by atoms with Gasteiger partial charge in [0, 0.05) is 25.7 Å². The molecule has 1 aliphatic heterocycles. The van der Waals surface area contributed by atoms with Crippen LogP contribution in [0.2, 0.25) is 0 Å². The molecular formula is C16H32N2O2. The highest BCUT2D eigenvalue weighted by Gasteiger charge is 2.25. The molecule has 4 heteroatoms. The first-order valence-electron chi connectivity index (χ1n) is 8.01. The largest absolute Gasteiger partial charge is 0.396 e. The van der Waals surface area contributed by atoms with Crippen LogP contribution in [-0.2, 0) is 0 Å². The van der Waals surface area contributed by atoms with Crippen molar-refractivity contribution in [3.05, 3.63) is 0 Å². The molecule has 1 heterocycles. The second-order valence-corrected chi connectivity index (χ2v) is 7.20. The number of carbonyl (C=O) groups excluding carboxylic acids is 1. The van der Waals surface area contributed by atoms with Crippen LogP contribution in [0.4, 0.5) is 4.79 Å². The van der Waals surface area contributed by atoms with E-state index in [1.54, 1.807) is 0 Å². The van der Waals surface area contributed by atoms with Gasteiger partial charge in [0.2, 0.25) is 0 Å². The van der Waals surface area contributed by atoms with Gasteiger partial charge in [0.1, 0.15) is 0 Å². The number of rotatable bonds is 5. The van der Waals surface area contributed by atoms with Gasteiger partial charge < -0.3 is 15.3 Å². The zero-order chi connectivity index (χ0) is 15.2. The number of hydrogen-bond donors (Lipinski definition) is 2. The average molecular weight is 284 g/mol. The highest BCUT2D eigenvalue weighted by Crippen LogP contribution is 2.22. The van der Waals surface area contributed by atoms with Gasteiger partial charge in [-0.3, -0.25) is 0 Å². The van der Waals surface area contributed by atoms with Gasteiger partial charge in [-0.25, -0.2) is 4.79 Å². The summed E-state index contributed by atoms with van der Waals surface area (Å²) < 4.78 is 0. The molecule has 0 radical (unpaired) electrons. The number of carbonyl (C=O) groups is 1. The SMILES string of the molecule is C[C@@H]1CCC[C@@H](C)N(C(=O)NCCCC(C)(C)CO)C1. The summed E-state index contributed by atoms with van der Waals surface area (Å²) in [6.45, 7) is 10.2. The predicted molar refractivity (Wildman–Crippen MR) is 82.7 cm³/mol. The van der Waals surface area contributed by atoms with E-state index in [0.717, 1.165) is 25.8 Å². The number of aliphatic hydroxyl groups is 1. The van der Waals surface area contributed by atoms with Crippen LogP contribution in [0.15, 0.2) is 0 Å². The fraction of sp³-hybridized carbons (Fsp3) is 0.938. The lowest BCUT2D eigenvalue weighted by atomic mass is 9.89. The van der Waals surface area contributed by atoms with Gasteiger partial charge in [-0.05, 0) is 43.9 Å². The fourth-order valence-corrected chi connectivity index (χ4v) is 2.75. The number of aliphatic hydroxyl groups excluding tert-OH is 1. The number of urea groups is 1. The molecule has 0 unspecified atom stereocenters. The lowest BCUT2D eigenvalue weighted by Crippen LogP contribution is -2.46. The van der Waals surface area contributed by atoms with Crippen molar-refractivity contribution in [3.8, 4) is 0 Å². The van der Waals surface area contributed by atoms with Crippen LogP contribution >= 0.6 is 0 Å². The van der Waals surface area contributed by atoms with E-state index < -0.39 is 0 Å². The molecule has 0 spiro atoms. The molecule has 2 atom stereocenters. The minimum Gasteiger partial charge on any atom is -0.396 e. The van der Waals surface area contributed by atoms with E-state index in [4.69, 9.17) is 0 Å². The Morgan fingerprint density at radius 2 is 2.05 bits per heavy atom. The van der Waals surface area contributed by atoms with E-state index in [1.807, 2.05) is 18.7 Å². The summed E-state index contributed by atoms with van der Waals surface area (Å²) in [5.41, 5.74) is -0.0465. The second kappa shape index (κ2) is 7.87. The minimum absolute atomic E-state index is 0.0465. The van der Waals surface area contributed by atoms with Gasteiger partial charge in [-0.2, -0.15) is 0 Å². The van der Waals surface area contributed by atoms with Crippen LogP contribution in [0.25, 0.3) is 0 Å². The summed E-state index contributed by atoms with van der Waals surface area (Å²) in [7, 11) is 0. The van der Waals surface area contributed by atoms with Crippen LogP contribution < -0.4 is 5.32 Å². The normalized spacial score (nSPS) is 24.4. The Bertz CT molecular complexity index is 305. The third kappa shape index (κ3) is 5.70. The summed E-state index contributed by atoms with van der Waals surface area (Å²) in [4.78, 5) is 14.3. The van der Waals surface area contributed by atoms with E-state index in [9.17, 15) is 9.90 Å². The zero-order valence-electron chi connectivity index (χ0n) is 13.6. The van der Waals surface area contributed by atoms with Crippen LogP contribution in [0, 0.1) is 11.3 Å². The number of nitrogens with zero attached hydrogens (tertiary/aromatic N) is 1. The van der Waals surface area contributed by atoms with E-state index >= 15 is 0 Å². The fourth-order valence-electron chi connectivity index (χ4n) is 2.75. The third-order valence-electron chi connectivity index (χ3n) is 4.35. The molecule has 4 nitrogen and oxygen atoms in total. The van der Waals surface area contributed by atoms with Crippen molar-refractivity contribution in [2.24, 2.45) is 11.3 Å². The molecule has 0 bridgehead atoms. The van der Waals surface area contributed by atoms with Crippen molar-refractivity contribution in [2.75, 3.05) is 19.7 Å². The van der Waals surface area contributed by atoms with Crippen molar-refractivity contribution in [1.29, 1.82) is 0 Å². The van der Waals surface area contributed by atoms with E-state index in [1.165, 1.54) is 12.8 Å². The lowest BCUT2D eigenvalue weighted by molar-refractivity contribution is 0.146. The number of amides is 2. The van der Waals surface area contributed by atoms with Crippen molar-refractivity contribution < 1.29 is 9.90 Å². The first-order chi connectivity index (χ1) is 9.35. The molecule has 0 aliphatic carbocycles. The van der Waals surface area contributed by atoms with Gasteiger partial charge in [-0.1, -0.05) is 27.2 Å². The zero-order valence-corrected chi connectivity index (χ0v) is 13.6. The molecule has 2 N–H and O–H groups in total. The summed E-state index contributed by atoms with van der Waals surface area (Å²) in [6.07, 6.45) is 5.39. The van der Waals surface area contributed by atoms with Crippen molar-refractivity contribution in [1.82, 2.24) is 10.2 Å². The molecule has 0 saturated carbocycles. The molecule has 1 aliphatic rings. The van der Waals surface area contributed by atoms with Crippen molar-refractivity contribution in [2.45, 2.75) is 65.8 Å². The Labute approximate surface area is 123 Å². The second-order valence-electron chi connectivity index (χ2n) is 7.20. The van der Waals surface area contributed by atoms with Crippen molar-refractivity contribution >= 4 is 6.03 Å². The van der Waals surface area contributed by atoms with Gasteiger partial charge in [0.05, 0.1) is 0 Å². The predicted octanol–water partition coefficient (Wildman–Crippen LogP) is 3.01. The smallest absolute Gasteiger partial charge is 0.317 e. The molecule has 2 amide bonds. The quantitative estimate of drug-likeness (QED) is 0.763. The number of nitrogens with one attached hydrogen (secondary N) is 1. The molecule has 1 saturated heterocycles. The standard InChI is InChI=1S/C16H32N2O2/c1-13-7-5-8-14(2)18(11-13)15(20)17-10-6-9-16(3,4)12-19/h13-14,19H,5-12H2,1-4H3,(H,17,20)/t13-,14-/m1/s1. The van der Waals surface area contributed by atoms with Gasteiger partial charge in [0.15, 0.2) is 0 Å². The van der Waals surface area contributed by atoms with Crippen LogP contribution in [0.5, 0.6) is 0 Å². The summed E-state index contributed by atoms with van der Waals surface area (Å²) in [6, 6.07) is 0.418. The topological polar surface area (TPSA) is 52.6 Å². The maximum Gasteiger partial charge on any atom is 0.317 e. The molecule has 20 heavy (non-hydrogen) atoms. The molecule has 0 aromatic heterocycles. The minimum atomic E-state index is -0.0465. The van der Waals surface area contributed by atoms with Crippen LogP contribution in [0.3, 0.4) is 0 Å². The van der Waals surface area contributed by atoms with Crippen LogP contribution in [-0.4, -0.2) is 41.8 Å². The Balaban J connectivity index is 2.34. The van der Waals surface area contributed by atoms with Gasteiger partial charge in [-0.15, -0.1) is 0 Å². The monoisotopic (exact) mass is 284 g/mol. The average Bonchev–Trinajstić information content (AvgIpc) is 2.56. The number of likely N-dealkylation sites (tertiary alicyclic amines) is 1. The first kappa shape index (κ1) is 17.3. The van der Waals surface area contributed by atoms with E-state index in [2.05, 4.69) is 19.2 Å². The first-order valence-corrected chi connectivity index (χ1v) is 8.01. The maximum atomic E-state index is 12.3. The molecule has 1 rings (SSSR count). The molecule has 0 aromatic rings. The maximum absolute atomic E-state index is 12.3. The Morgan fingerprint density at radius 3 is 2.70 bits per heavy atom. The third-order valence-corrected chi connectivity index (χ3v) is 4.35. The number of hydrogen-bond acceptors (Lipinski definition) is 2. The summed E-state index contributed by atoms with van der Waals surface area (Å²) >= 11 is 0. The Morgan fingerprint density at radius 1 is 1.35 bits per heavy atom. The van der Waals surface area contributed by atoms with Gasteiger partial charge in [0.25, 0.3) is 0 Å². The molecule has 1 fully saturated rings. The summed E-state index contributed by atoms with van der Waals surface area (Å²) in [5, 5.41) is 12.2. The van der Waals surface area contributed by atoms with E-state index in [-0.39, 0.29) is 18.1 Å².